The smallest absolute Gasteiger partial charge is 0.329 e. The van der Waals surface area contributed by atoms with Crippen LogP contribution in [0.3, 0.4) is 0 Å². The highest BCUT2D eigenvalue weighted by Gasteiger charge is 2.44. The summed E-state index contributed by atoms with van der Waals surface area (Å²) in [6, 6.07) is 10.6. The fraction of sp³-hybridized carbons (Fsp3) is 0.500. The van der Waals surface area contributed by atoms with Crippen molar-refractivity contribution in [3.63, 3.8) is 0 Å². The van der Waals surface area contributed by atoms with E-state index in [0.29, 0.717) is 42.0 Å². The number of fused-ring (bicyclic) bond motifs is 2. The Morgan fingerprint density at radius 1 is 1.09 bits per heavy atom. The summed E-state index contributed by atoms with van der Waals surface area (Å²) in [5.74, 6) is 1.63. The molecule has 12 nitrogen and oxygen atoms in total. The van der Waals surface area contributed by atoms with E-state index < -0.39 is 0 Å². The Balaban J connectivity index is 1.04. The van der Waals surface area contributed by atoms with Gasteiger partial charge in [-0.25, -0.2) is 14.8 Å². The number of esters is 1. The van der Waals surface area contributed by atoms with Crippen molar-refractivity contribution in [2.24, 2.45) is 17.8 Å². The van der Waals surface area contributed by atoms with Gasteiger partial charge in [0, 0.05) is 43.9 Å². The number of methoxy groups -OCH3 is 1. The number of likely N-dealkylation sites (tertiary alicyclic amines) is 1. The van der Waals surface area contributed by atoms with Crippen LogP contribution in [0.5, 0.6) is 6.01 Å². The maximum absolute atomic E-state index is 12.9. The molecular weight excluding hydrogens is 592 g/mol. The lowest BCUT2D eigenvalue weighted by atomic mass is 9.97. The molecule has 0 bridgehead atoms. The summed E-state index contributed by atoms with van der Waals surface area (Å²) in [6.45, 7) is 7.76. The molecule has 238 valence electrons. The fourth-order valence-electron chi connectivity index (χ4n) is 6.62. The first-order valence-corrected chi connectivity index (χ1v) is 16.2. The number of aromatic nitrogens is 5. The van der Waals surface area contributed by atoms with Crippen molar-refractivity contribution in [1.82, 2.24) is 28.8 Å². The lowest BCUT2D eigenvalue weighted by Gasteiger charge is -2.28. The highest BCUT2D eigenvalue weighted by Crippen LogP contribution is 2.41. The molecule has 4 heterocycles. The molecule has 4 aromatic rings. The Morgan fingerprint density at radius 3 is 2.49 bits per heavy atom. The number of nitrogens with one attached hydrogen (secondary N) is 1. The van der Waals surface area contributed by atoms with Gasteiger partial charge in [0.1, 0.15) is 17.8 Å². The van der Waals surface area contributed by atoms with E-state index in [0.717, 1.165) is 53.2 Å². The predicted octanol–water partition coefficient (Wildman–Crippen LogP) is 5.17. The number of rotatable bonds is 10. The monoisotopic (exact) mass is 632 g/mol. The standard InChI is InChI=1S/C32H40N8O4S/c1-19(2)12-21-6-8-22(9-7-21)20(3)29(41)44-18-39-11-10-26-27(33-17-34-28(26)39)38(4)25-13-23-15-40(16-24(23)14-25)32(42)36-31-35-30(43-5)37-45-31/h6-11,17,19-20,23-25H,12-16,18H2,1-5H3,(H,35,36,37,42)/t20?,23-,24+,25?. The zero-order valence-corrected chi connectivity index (χ0v) is 27.2. The average Bonchev–Trinajstić information content (AvgIpc) is 3.82. The fourth-order valence-corrected chi connectivity index (χ4v) is 7.15. The molecule has 1 saturated heterocycles. The van der Waals surface area contributed by atoms with Crippen LogP contribution in [-0.2, 0) is 22.7 Å². The van der Waals surface area contributed by atoms with Crippen LogP contribution in [0.15, 0.2) is 42.9 Å². The van der Waals surface area contributed by atoms with Crippen LogP contribution in [0.2, 0.25) is 0 Å². The van der Waals surface area contributed by atoms with Crippen molar-refractivity contribution in [3.05, 3.63) is 54.0 Å². The first-order valence-electron chi connectivity index (χ1n) is 15.4. The van der Waals surface area contributed by atoms with Gasteiger partial charge in [0.25, 0.3) is 0 Å². The summed E-state index contributed by atoms with van der Waals surface area (Å²) in [7, 11) is 3.57. The zero-order valence-electron chi connectivity index (χ0n) is 26.3. The second kappa shape index (κ2) is 13.0. The normalized spacial score (nSPS) is 20.0. The second-order valence-electron chi connectivity index (χ2n) is 12.6. The summed E-state index contributed by atoms with van der Waals surface area (Å²) < 4.78 is 16.6. The maximum Gasteiger partial charge on any atom is 0.329 e. The molecule has 1 N–H and O–H groups in total. The molecule has 4 atom stereocenters. The van der Waals surface area contributed by atoms with Gasteiger partial charge in [-0.2, -0.15) is 4.98 Å². The molecule has 2 unspecified atom stereocenters. The number of carbonyl (C=O) groups excluding carboxylic acids is 2. The SMILES string of the molecule is COc1nsc(NC(=O)N2C[C@H]3CC(N(C)c4ncnc5c4ccn5COC(=O)C(C)c4ccc(CC(C)C)cc4)C[C@H]3C2)n1. The number of carbonyl (C=O) groups is 2. The van der Waals surface area contributed by atoms with Gasteiger partial charge in [-0.1, -0.05) is 38.1 Å². The molecule has 2 fully saturated rings. The number of urea groups is 1. The molecule has 2 aliphatic rings. The van der Waals surface area contributed by atoms with Gasteiger partial charge in [-0.3, -0.25) is 14.7 Å². The number of benzene rings is 1. The molecule has 3 aromatic heterocycles. The Kier molecular flexibility index (Phi) is 8.88. The third-order valence-corrected chi connectivity index (χ3v) is 9.67. The molecule has 6 rings (SSSR count). The molecule has 1 aliphatic heterocycles. The van der Waals surface area contributed by atoms with Gasteiger partial charge in [-0.15, -0.1) is 4.37 Å². The zero-order chi connectivity index (χ0) is 31.7. The van der Waals surface area contributed by atoms with E-state index >= 15 is 0 Å². The minimum absolute atomic E-state index is 0.0770. The lowest BCUT2D eigenvalue weighted by Crippen LogP contribution is -2.36. The third kappa shape index (κ3) is 6.58. The summed E-state index contributed by atoms with van der Waals surface area (Å²) in [5.41, 5.74) is 2.93. The van der Waals surface area contributed by atoms with Crippen molar-refractivity contribution >= 4 is 45.5 Å². The van der Waals surface area contributed by atoms with Crippen LogP contribution in [-0.4, -0.2) is 74.1 Å². The molecular formula is C32H40N8O4S. The third-order valence-electron chi connectivity index (χ3n) is 9.06. The Labute approximate surface area is 266 Å². The lowest BCUT2D eigenvalue weighted by molar-refractivity contribution is -0.148. The van der Waals surface area contributed by atoms with E-state index in [-0.39, 0.29) is 30.7 Å². The molecule has 2 amide bonds. The van der Waals surface area contributed by atoms with Gasteiger partial charge in [0.15, 0.2) is 6.73 Å². The number of amides is 2. The molecule has 0 radical (unpaired) electrons. The van der Waals surface area contributed by atoms with Gasteiger partial charge in [0.05, 0.1) is 18.4 Å². The summed E-state index contributed by atoms with van der Waals surface area (Å²) >= 11 is 1.10. The first kappa shape index (κ1) is 30.8. The van der Waals surface area contributed by atoms with Crippen LogP contribution < -0.4 is 15.0 Å². The number of hydrogen-bond acceptors (Lipinski definition) is 10. The quantitative estimate of drug-likeness (QED) is 0.236. The Bertz CT molecular complexity index is 1640. The number of nitrogens with zero attached hydrogens (tertiary/aromatic N) is 7. The summed E-state index contributed by atoms with van der Waals surface area (Å²) in [4.78, 5) is 43.2. The first-order chi connectivity index (χ1) is 21.7. The molecule has 0 spiro atoms. The van der Waals surface area contributed by atoms with Gasteiger partial charge < -0.3 is 19.3 Å². The van der Waals surface area contributed by atoms with Crippen molar-refractivity contribution in [2.45, 2.75) is 58.7 Å². The minimum Gasteiger partial charge on any atom is -0.466 e. The maximum atomic E-state index is 12.9. The molecule has 1 aliphatic carbocycles. The van der Waals surface area contributed by atoms with Crippen molar-refractivity contribution in [3.8, 4) is 6.01 Å². The highest BCUT2D eigenvalue weighted by molar-refractivity contribution is 7.10. The van der Waals surface area contributed by atoms with E-state index in [1.54, 1.807) is 6.33 Å². The average molecular weight is 633 g/mol. The second-order valence-corrected chi connectivity index (χ2v) is 13.3. The predicted molar refractivity (Wildman–Crippen MR) is 172 cm³/mol. The van der Waals surface area contributed by atoms with E-state index in [1.165, 1.54) is 12.7 Å². The van der Waals surface area contributed by atoms with Gasteiger partial charge >= 0.3 is 18.0 Å². The van der Waals surface area contributed by atoms with Gasteiger partial charge in [-0.05, 0) is 61.1 Å². The van der Waals surface area contributed by atoms with Crippen LogP contribution >= 0.6 is 11.5 Å². The van der Waals surface area contributed by atoms with E-state index in [4.69, 9.17) is 9.47 Å². The van der Waals surface area contributed by atoms with Crippen LogP contribution in [0, 0.1) is 17.8 Å². The Morgan fingerprint density at radius 2 is 1.82 bits per heavy atom. The van der Waals surface area contributed by atoms with Crippen LogP contribution in [0.1, 0.15) is 50.7 Å². The number of ether oxygens (including phenoxy) is 2. The van der Waals surface area contributed by atoms with Crippen LogP contribution in [0.25, 0.3) is 11.0 Å². The number of hydrogen-bond donors (Lipinski definition) is 1. The van der Waals surface area contributed by atoms with Crippen molar-refractivity contribution in [1.29, 1.82) is 0 Å². The summed E-state index contributed by atoms with van der Waals surface area (Å²) in [5, 5.41) is 4.19. The molecule has 45 heavy (non-hydrogen) atoms. The van der Waals surface area contributed by atoms with E-state index in [9.17, 15) is 9.59 Å². The van der Waals surface area contributed by atoms with E-state index in [1.807, 2.05) is 40.8 Å². The van der Waals surface area contributed by atoms with Crippen molar-refractivity contribution < 1.29 is 19.1 Å². The topological polar surface area (TPSA) is 128 Å². The Hall–Kier alpha value is -4.26. The van der Waals surface area contributed by atoms with Crippen LogP contribution in [0.4, 0.5) is 15.7 Å². The molecule has 1 saturated carbocycles. The summed E-state index contributed by atoms with van der Waals surface area (Å²) in [6.07, 6.45) is 6.41. The molecule has 1 aromatic carbocycles. The highest BCUT2D eigenvalue weighted by atomic mass is 32.1. The van der Waals surface area contributed by atoms with Crippen molar-refractivity contribution in [2.75, 3.05) is 37.5 Å². The molecule has 13 heteroatoms. The van der Waals surface area contributed by atoms with Gasteiger partial charge in [0.2, 0.25) is 5.13 Å². The minimum atomic E-state index is -0.368. The largest absolute Gasteiger partial charge is 0.466 e. The van der Waals surface area contributed by atoms with E-state index in [2.05, 4.69) is 62.6 Å². The number of anilines is 2.